The van der Waals surface area contributed by atoms with Crippen molar-refractivity contribution in [1.29, 1.82) is 5.41 Å². The molecule has 0 aliphatic carbocycles. The third-order valence-corrected chi connectivity index (χ3v) is 10.5. The van der Waals surface area contributed by atoms with Gasteiger partial charge in [-0.2, -0.15) is 0 Å². The largest absolute Gasteiger partial charge is 0.480 e. The molecule has 6 atom stereocenters. The third kappa shape index (κ3) is 10.7. The minimum absolute atomic E-state index is 0.0849. The number of carbonyl (C=O) groups excluding carboxylic acids is 5. The lowest BCUT2D eigenvalue weighted by Gasteiger charge is -2.33. The Balaban J connectivity index is 1.31. The van der Waals surface area contributed by atoms with Gasteiger partial charge in [0.1, 0.15) is 30.2 Å². The maximum atomic E-state index is 14.3. The Morgan fingerprint density at radius 3 is 2.30 bits per heavy atom. The molecule has 2 fully saturated rings. The van der Waals surface area contributed by atoms with Crippen molar-refractivity contribution in [2.75, 3.05) is 19.6 Å². The van der Waals surface area contributed by atoms with Crippen LogP contribution in [0.1, 0.15) is 63.6 Å². The number of carbonyl (C=O) groups is 6. The maximum absolute atomic E-state index is 14.3. The molecule has 2 saturated heterocycles. The Morgan fingerprint density at radius 1 is 0.930 bits per heavy atom. The second-order valence-electron chi connectivity index (χ2n) is 15.0. The molecule has 5 amide bonds. The number of aromatic amines is 2. The van der Waals surface area contributed by atoms with Crippen molar-refractivity contribution in [3.8, 4) is 0 Å². The molecule has 0 bridgehead atoms. The fourth-order valence-corrected chi connectivity index (χ4v) is 7.52. The lowest BCUT2D eigenvalue weighted by atomic mass is 9.99. The summed E-state index contributed by atoms with van der Waals surface area (Å²) in [5, 5.41) is 29.1. The molecule has 12 N–H and O–H groups in total. The number of likely N-dealkylation sites (tertiary alicyclic amines) is 2. The van der Waals surface area contributed by atoms with Crippen molar-refractivity contribution in [3.05, 3.63) is 54.2 Å². The van der Waals surface area contributed by atoms with Gasteiger partial charge in [-0.15, -0.1) is 0 Å². The standard InChI is InChI=1S/C38H54N12O7/c1-21(2)31(48-33(52)28(16-22-18-44-26-9-4-3-8-24(22)26)47-32(51)25(39)17-23-19-42-20-45-23)36(55)49-14-6-11-29(49)34(53)46-27(10-5-13-43-38(40)41)35(54)50-15-7-12-30(50)37(56)57/h3-4,8-9,18-21,25,27-31,44H,5-7,10-17,39H2,1-2H3,(H,42,45)(H,46,53)(H,47,51)(H,48,52)(H,56,57)(H4,40,41,43). The Bertz CT molecular complexity index is 1910. The van der Waals surface area contributed by atoms with Gasteiger partial charge in [0.15, 0.2) is 5.96 Å². The zero-order valence-corrected chi connectivity index (χ0v) is 32.3. The van der Waals surface area contributed by atoms with E-state index in [2.05, 4.69) is 36.2 Å². The lowest BCUT2D eigenvalue weighted by Crippen LogP contribution is -2.60. The minimum atomic E-state index is -1.13. The monoisotopic (exact) mass is 790 g/mol. The van der Waals surface area contributed by atoms with Crippen LogP contribution >= 0.6 is 0 Å². The summed E-state index contributed by atoms with van der Waals surface area (Å²) in [6, 6.07) is 1.26. The Labute approximate surface area is 329 Å². The minimum Gasteiger partial charge on any atom is -0.480 e. The smallest absolute Gasteiger partial charge is 0.326 e. The van der Waals surface area contributed by atoms with Crippen LogP contribution in [0.4, 0.5) is 0 Å². The number of para-hydroxylation sites is 1. The van der Waals surface area contributed by atoms with E-state index in [4.69, 9.17) is 16.9 Å². The summed E-state index contributed by atoms with van der Waals surface area (Å²) in [5.74, 6) is -4.60. The van der Waals surface area contributed by atoms with E-state index in [-0.39, 0.29) is 44.9 Å². The van der Waals surface area contributed by atoms with Gasteiger partial charge in [-0.1, -0.05) is 32.0 Å². The van der Waals surface area contributed by atoms with E-state index in [9.17, 15) is 33.9 Å². The summed E-state index contributed by atoms with van der Waals surface area (Å²) >= 11 is 0. The van der Waals surface area contributed by atoms with Crippen molar-refractivity contribution >= 4 is 52.4 Å². The number of nitrogens with two attached hydrogens (primary N) is 2. The van der Waals surface area contributed by atoms with Gasteiger partial charge >= 0.3 is 5.97 Å². The highest BCUT2D eigenvalue weighted by molar-refractivity contribution is 5.97. The number of amides is 5. The fraction of sp³-hybridized carbons (Fsp3) is 0.526. The number of rotatable bonds is 18. The number of carboxylic acids is 1. The quantitative estimate of drug-likeness (QED) is 0.0443. The second kappa shape index (κ2) is 19.2. The summed E-state index contributed by atoms with van der Waals surface area (Å²) in [7, 11) is 0. The molecule has 308 valence electrons. The molecule has 2 aromatic heterocycles. The highest BCUT2D eigenvalue weighted by Gasteiger charge is 2.42. The number of benzene rings is 1. The topological polar surface area (TPSA) is 298 Å². The van der Waals surface area contributed by atoms with Crippen LogP contribution in [-0.2, 0) is 41.6 Å². The van der Waals surface area contributed by atoms with E-state index >= 15 is 0 Å². The van der Waals surface area contributed by atoms with E-state index in [0.29, 0.717) is 37.8 Å². The summed E-state index contributed by atoms with van der Waals surface area (Å²) in [6.07, 6.45) is 7.15. The molecule has 0 saturated carbocycles. The van der Waals surface area contributed by atoms with Gasteiger partial charge in [0.25, 0.3) is 0 Å². The number of guanidine groups is 1. The van der Waals surface area contributed by atoms with Crippen molar-refractivity contribution in [2.45, 2.75) is 101 Å². The first kappa shape index (κ1) is 42.2. The van der Waals surface area contributed by atoms with Crippen LogP contribution in [0.25, 0.3) is 10.9 Å². The summed E-state index contributed by atoms with van der Waals surface area (Å²) in [4.78, 5) is 94.2. The lowest BCUT2D eigenvalue weighted by molar-refractivity contribution is -0.150. The first-order valence-corrected chi connectivity index (χ1v) is 19.4. The number of hydrogen-bond donors (Lipinski definition) is 10. The van der Waals surface area contributed by atoms with E-state index in [1.54, 1.807) is 26.2 Å². The first-order chi connectivity index (χ1) is 27.2. The number of fused-ring (bicyclic) bond motifs is 1. The molecule has 0 spiro atoms. The van der Waals surface area contributed by atoms with E-state index in [0.717, 1.165) is 16.5 Å². The Kier molecular flexibility index (Phi) is 14.2. The van der Waals surface area contributed by atoms with Crippen molar-refractivity contribution < 1.29 is 33.9 Å². The third-order valence-electron chi connectivity index (χ3n) is 10.5. The van der Waals surface area contributed by atoms with Gasteiger partial charge in [-0.05, 0) is 56.1 Å². The zero-order valence-electron chi connectivity index (χ0n) is 32.3. The van der Waals surface area contributed by atoms with Gasteiger partial charge in [-0.3, -0.25) is 29.4 Å². The molecule has 6 unspecified atom stereocenters. The Morgan fingerprint density at radius 2 is 1.63 bits per heavy atom. The van der Waals surface area contributed by atoms with Gasteiger partial charge in [0.2, 0.25) is 29.5 Å². The number of H-pyrrole nitrogens is 2. The molecule has 57 heavy (non-hydrogen) atoms. The average Bonchev–Trinajstić information content (AvgIpc) is 4.02. The van der Waals surface area contributed by atoms with Crippen LogP contribution in [0.15, 0.2) is 43.0 Å². The molecular formula is C38H54N12O7. The van der Waals surface area contributed by atoms with E-state index in [1.165, 1.54) is 16.1 Å². The zero-order chi connectivity index (χ0) is 41.2. The van der Waals surface area contributed by atoms with Gasteiger partial charge in [-0.25, -0.2) is 9.78 Å². The van der Waals surface area contributed by atoms with Crippen LogP contribution in [0.2, 0.25) is 0 Å². The number of imidazole rings is 1. The number of hydrogen-bond acceptors (Lipinski definition) is 9. The summed E-state index contributed by atoms with van der Waals surface area (Å²) in [6.45, 7) is 4.23. The Hall–Kier alpha value is -5.98. The van der Waals surface area contributed by atoms with Gasteiger partial charge in [0.05, 0.1) is 18.1 Å². The average molecular weight is 791 g/mol. The van der Waals surface area contributed by atoms with Gasteiger partial charge < -0.3 is 57.6 Å². The molecule has 2 aliphatic rings. The van der Waals surface area contributed by atoms with E-state index < -0.39 is 77.7 Å². The second-order valence-corrected chi connectivity index (χ2v) is 15.0. The number of nitrogens with zero attached hydrogens (tertiary/aromatic N) is 3. The normalized spacial score (nSPS) is 18.8. The van der Waals surface area contributed by atoms with Crippen LogP contribution < -0.4 is 32.7 Å². The highest BCUT2D eigenvalue weighted by Crippen LogP contribution is 2.24. The van der Waals surface area contributed by atoms with Crippen molar-refractivity contribution in [3.63, 3.8) is 0 Å². The van der Waals surface area contributed by atoms with Crippen LogP contribution in [0.5, 0.6) is 0 Å². The van der Waals surface area contributed by atoms with Crippen LogP contribution in [0.3, 0.4) is 0 Å². The van der Waals surface area contributed by atoms with Gasteiger partial charge in [0, 0.05) is 55.8 Å². The molecule has 1 aromatic carbocycles. The van der Waals surface area contributed by atoms with E-state index in [1.807, 2.05) is 24.3 Å². The molecule has 2 aliphatic heterocycles. The fourth-order valence-electron chi connectivity index (χ4n) is 7.52. The molecule has 3 aromatic rings. The summed E-state index contributed by atoms with van der Waals surface area (Å²) in [5.41, 5.74) is 13.8. The SMILES string of the molecule is CC(C)C(NC(=O)C(Cc1c[nH]c2ccccc12)NC(=O)C(N)Cc1c[nH]cn1)C(=O)N1CCCC1C(=O)NC(CCCNC(=N)N)C(=O)N1CCCC1C(=O)O. The maximum Gasteiger partial charge on any atom is 0.326 e. The van der Waals surface area contributed by atoms with Crippen LogP contribution in [-0.4, -0.2) is 127 Å². The molecular weight excluding hydrogens is 736 g/mol. The number of aliphatic carboxylic acids is 1. The predicted octanol–water partition coefficient (Wildman–Crippen LogP) is -0.556. The van der Waals surface area contributed by atoms with Crippen LogP contribution in [0, 0.1) is 11.3 Å². The molecule has 4 heterocycles. The molecule has 19 heteroatoms. The predicted molar refractivity (Wildman–Crippen MR) is 209 cm³/mol. The van der Waals surface area contributed by atoms with Crippen molar-refractivity contribution in [2.24, 2.45) is 17.4 Å². The molecule has 5 rings (SSSR count). The summed E-state index contributed by atoms with van der Waals surface area (Å²) < 4.78 is 0. The molecule has 19 nitrogen and oxygen atoms in total. The number of nitrogens with one attached hydrogen (secondary N) is 7. The number of aromatic nitrogens is 3. The molecule has 0 radical (unpaired) electrons. The first-order valence-electron chi connectivity index (χ1n) is 19.4. The number of carboxylic acid groups (broad SMARTS) is 1. The van der Waals surface area contributed by atoms with Crippen molar-refractivity contribution in [1.82, 2.24) is 46.0 Å². The highest BCUT2D eigenvalue weighted by atomic mass is 16.4.